The summed E-state index contributed by atoms with van der Waals surface area (Å²) in [4.78, 5) is 13.5. The van der Waals surface area contributed by atoms with Gasteiger partial charge in [0.05, 0.1) is 6.26 Å². The molecule has 2 atom stereocenters. The zero-order chi connectivity index (χ0) is 12.5. The topological polar surface area (TPSA) is 72.9 Å². The molecule has 1 amide bonds. The van der Waals surface area contributed by atoms with Crippen LogP contribution in [0.25, 0.3) is 0 Å². The fraction of sp³-hybridized carbons (Fsp3) is 0.900. The second-order valence-electron chi connectivity index (χ2n) is 4.57. The molecule has 6 nitrogen and oxygen atoms in total. The van der Waals surface area contributed by atoms with Crippen LogP contribution in [0.15, 0.2) is 0 Å². The summed E-state index contributed by atoms with van der Waals surface area (Å²) in [7, 11) is -3.56. The molecule has 2 rings (SSSR count). The number of carbonyl (C=O) groups excluding carboxylic acids is 1. The van der Waals surface area contributed by atoms with Crippen molar-refractivity contribution in [3.63, 3.8) is 0 Å². The minimum absolute atomic E-state index is 0.263. The number of rotatable bonds is 3. The maximum Gasteiger partial charge on any atom is 0.412 e. The number of piperidine rings is 1. The zero-order valence-corrected chi connectivity index (χ0v) is 10.6. The van der Waals surface area contributed by atoms with Crippen molar-refractivity contribution >= 4 is 16.2 Å². The van der Waals surface area contributed by atoms with Crippen LogP contribution in [-0.4, -0.2) is 44.5 Å². The third-order valence-corrected chi connectivity index (χ3v) is 3.87. The Balaban J connectivity index is 1.84. The number of ether oxygens (including phenoxy) is 1. The van der Waals surface area contributed by atoms with Gasteiger partial charge in [0.1, 0.15) is 0 Å². The average Bonchev–Trinajstić information content (AvgIpc) is 2.47. The van der Waals surface area contributed by atoms with Gasteiger partial charge in [0.2, 0.25) is 6.79 Å². The Morgan fingerprint density at radius 3 is 2.35 bits per heavy atom. The third kappa shape index (κ3) is 3.10. The molecule has 0 aliphatic carbocycles. The minimum atomic E-state index is -3.56. The minimum Gasteiger partial charge on any atom is -0.421 e. The average molecular weight is 263 g/mol. The number of carbonyl (C=O) groups is 1. The van der Waals surface area contributed by atoms with E-state index in [1.165, 1.54) is 0 Å². The molecular weight excluding hydrogens is 246 g/mol. The SMILES string of the molecule is CS(=O)(=O)OCOC(=O)N1C2CCCC1CC2. The molecule has 2 heterocycles. The third-order valence-electron chi connectivity index (χ3n) is 3.35. The van der Waals surface area contributed by atoms with Crippen molar-refractivity contribution < 1.29 is 22.1 Å². The first-order valence-electron chi connectivity index (χ1n) is 5.77. The highest BCUT2D eigenvalue weighted by atomic mass is 32.2. The van der Waals surface area contributed by atoms with Crippen LogP contribution in [0, 0.1) is 0 Å². The lowest BCUT2D eigenvalue weighted by Crippen LogP contribution is -2.44. The van der Waals surface area contributed by atoms with E-state index in [1.54, 1.807) is 4.90 Å². The van der Waals surface area contributed by atoms with Crippen molar-refractivity contribution in [3.05, 3.63) is 0 Å². The second kappa shape index (κ2) is 4.81. The lowest BCUT2D eigenvalue weighted by atomic mass is 10.0. The molecule has 0 aromatic heterocycles. The summed E-state index contributed by atoms with van der Waals surface area (Å²) in [6, 6.07) is 0.527. The van der Waals surface area contributed by atoms with Crippen molar-refractivity contribution in [2.75, 3.05) is 13.0 Å². The van der Waals surface area contributed by atoms with Gasteiger partial charge in [-0.1, -0.05) is 0 Å². The Kier molecular flexibility index (Phi) is 3.58. The van der Waals surface area contributed by atoms with Gasteiger partial charge in [-0.05, 0) is 32.1 Å². The molecule has 17 heavy (non-hydrogen) atoms. The monoisotopic (exact) mass is 263 g/mol. The Morgan fingerprint density at radius 1 is 1.24 bits per heavy atom. The molecule has 2 aliphatic rings. The van der Waals surface area contributed by atoms with Crippen LogP contribution in [0.1, 0.15) is 32.1 Å². The van der Waals surface area contributed by atoms with Crippen molar-refractivity contribution in [2.24, 2.45) is 0 Å². The highest BCUT2D eigenvalue weighted by Crippen LogP contribution is 2.35. The molecule has 2 fully saturated rings. The molecule has 98 valence electrons. The molecule has 2 unspecified atom stereocenters. The van der Waals surface area contributed by atoms with E-state index in [-0.39, 0.29) is 12.1 Å². The van der Waals surface area contributed by atoms with Crippen LogP contribution in [0.4, 0.5) is 4.79 Å². The lowest BCUT2D eigenvalue weighted by molar-refractivity contribution is 0.0214. The predicted molar refractivity (Wildman–Crippen MR) is 59.8 cm³/mol. The van der Waals surface area contributed by atoms with E-state index in [2.05, 4.69) is 4.18 Å². The first-order chi connectivity index (χ1) is 7.97. The number of hydrogen-bond donors (Lipinski definition) is 0. The standard InChI is InChI=1S/C10H17NO5S/c1-17(13,14)16-7-15-10(12)11-8-3-2-4-9(11)6-5-8/h8-9H,2-7H2,1H3. The maximum absolute atomic E-state index is 11.8. The van der Waals surface area contributed by atoms with E-state index < -0.39 is 23.0 Å². The summed E-state index contributed by atoms with van der Waals surface area (Å²) in [5.41, 5.74) is 0. The van der Waals surface area contributed by atoms with Gasteiger partial charge in [-0.25, -0.2) is 8.98 Å². The molecule has 2 aliphatic heterocycles. The number of amides is 1. The lowest BCUT2D eigenvalue weighted by Gasteiger charge is -2.33. The molecule has 7 heteroatoms. The highest BCUT2D eigenvalue weighted by Gasteiger charge is 2.40. The number of hydrogen-bond acceptors (Lipinski definition) is 5. The molecule has 0 radical (unpaired) electrons. The van der Waals surface area contributed by atoms with Gasteiger partial charge < -0.3 is 9.64 Å². The first-order valence-corrected chi connectivity index (χ1v) is 7.58. The van der Waals surface area contributed by atoms with Crippen molar-refractivity contribution in [1.29, 1.82) is 0 Å². The smallest absolute Gasteiger partial charge is 0.412 e. The molecule has 2 saturated heterocycles. The van der Waals surface area contributed by atoms with Gasteiger partial charge in [-0.15, -0.1) is 0 Å². The Bertz CT molecular complexity index is 378. The quantitative estimate of drug-likeness (QED) is 0.562. The normalized spacial score (nSPS) is 28.2. The van der Waals surface area contributed by atoms with E-state index in [4.69, 9.17) is 4.74 Å². The van der Waals surface area contributed by atoms with Crippen LogP contribution in [0.2, 0.25) is 0 Å². The number of nitrogens with zero attached hydrogens (tertiary/aromatic N) is 1. The molecule has 0 N–H and O–H groups in total. The Labute approximate surface area is 101 Å². The summed E-state index contributed by atoms with van der Waals surface area (Å²) in [6.45, 7) is -0.534. The summed E-state index contributed by atoms with van der Waals surface area (Å²) in [5.74, 6) is 0. The Hall–Kier alpha value is -0.820. The van der Waals surface area contributed by atoms with Crippen molar-refractivity contribution in [1.82, 2.24) is 4.90 Å². The van der Waals surface area contributed by atoms with Crippen molar-refractivity contribution in [3.8, 4) is 0 Å². The summed E-state index contributed by atoms with van der Waals surface area (Å²) >= 11 is 0. The molecule has 2 bridgehead atoms. The van der Waals surface area contributed by atoms with E-state index >= 15 is 0 Å². The van der Waals surface area contributed by atoms with Gasteiger partial charge in [0, 0.05) is 12.1 Å². The van der Waals surface area contributed by atoms with E-state index in [9.17, 15) is 13.2 Å². The van der Waals surface area contributed by atoms with E-state index in [1.807, 2.05) is 0 Å². The highest BCUT2D eigenvalue weighted by molar-refractivity contribution is 7.85. The van der Waals surface area contributed by atoms with Crippen LogP contribution in [0.3, 0.4) is 0 Å². The van der Waals surface area contributed by atoms with Crippen molar-refractivity contribution in [2.45, 2.75) is 44.2 Å². The largest absolute Gasteiger partial charge is 0.421 e. The zero-order valence-electron chi connectivity index (χ0n) is 9.79. The fourth-order valence-corrected chi connectivity index (χ4v) is 2.87. The number of fused-ring (bicyclic) bond motifs is 2. The van der Waals surface area contributed by atoms with Gasteiger partial charge in [0.15, 0.2) is 0 Å². The van der Waals surface area contributed by atoms with Crippen LogP contribution < -0.4 is 0 Å². The predicted octanol–water partition coefficient (Wildman–Crippen LogP) is 1.07. The van der Waals surface area contributed by atoms with Gasteiger partial charge in [-0.2, -0.15) is 8.42 Å². The molecule has 0 aromatic carbocycles. The Morgan fingerprint density at radius 2 is 1.82 bits per heavy atom. The fourth-order valence-electron chi connectivity index (χ4n) is 2.65. The van der Waals surface area contributed by atoms with Gasteiger partial charge >= 0.3 is 6.09 Å². The molecule has 0 spiro atoms. The molecular formula is C10H17NO5S. The molecule has 0 aromatic rings. The summed E-state index contributed by atoms with van der Waals surface area (Å²) < 4.78 is 30.6. The van der Waals surface area contributed by atoms with Gasteiger partial charge in [-0.3, -0.25) is 0 Å². The van der Waals surface area contributed by atoms with Crippen LogP contribution >= 0.6 is 0 Å². The maximum atomic E-state index is 11.8. The summed E-state index contributed by atoms with van der Waals surface area (Å²) in [6.07, 6.45) is 5.68. The van der Waals surface area contributed by atoms with E-state index in [0.29, 0.717) is 0 Å². The van der Waals surface area contributed by atoms with Gasteiger partial charge in [0.25, 0.3) is 10.1 Å². The second-order valence-corrected chi connectivity index (χ2v) is 6.22. The van der Waals surface area contributed by atoms with Crippen LogP contribution in [-0.2, 0) is 19.0 Å². The van der Waals surface area contributed by atoms with Crippen LogP contribution in [0.5, 0.6) is 0 Å². The molecule has 0 saturated carbocycles. The first kappa shape index (κ1) is 12.6. The van der Waals surface area contributed by atoms with E-state index in [0.717, 1.165) is 38.4 Å². The summed E-state index contributed by atoms with van der Waals surface area (Å²) in [5, 5.41) is 0.